The predicted molar refractivity (Wildman–Crippen MR) is 79.1 cm³/mol. The Kier molecular flexibility index (Phi) is 7.92. The van der Waals surface area contributed by atoms with Crippen molar-refractivity contribution >= 4 is 30.0 Å². The van der Waals surface area contributed by atoms with Gasteiger partial charge in [0, 0.05) is 13.3 Å². The highest BCUT2D eigenvalue weighted by Gasteiger charge is 2.27. The molecule has 9 heteroatoms. The van der Waals surface area contributed by atoms with Gasteiger partial charge < -0.3 is 25.3 Å². The molecule has 0 heterocycles. The molecule has 2 atom stereocenters. The van der Waals surface area contributed by atoms with Gasteiger partial charge in [-0.2, -0.15) is 0 Å². The second-order valence-corrected chi connectivity index (χ2v) is 5.81. The van der Waals surface area contributed by atoms with E-state index in [9.17, 15) is 19.2 Å². The van der Waals surface area contributed by atoms with Crippen molar-refractivity contribution < 1.29 is 33.8 Å². The van der Waals surface area contributed by atoms with Crippen molar-refractivity contribution in [3.05, 3.63) is 0 Å². The molecule has 0 aliphatic heterocycles. The Morgan fingerprint density at radius 2 is 1.78 bits per heavy atom. The number of ether oxygens (including phenoxy) is 2. The third kappa shape index (κ3) is 8.54. The smallest absolute Gasteiger partial charge is 0.410 e. The van der Waals surface area contributed by atoms with Crippen molar-refractivity contribution in [2.75, 3.05) is 0 Å². The van der Waals surface area contributed by atoms with Crippen LogP contribution in [0.5, 0.6) is 0 Å². The number of esters is 1. The molecule has 2 unspecified atom stereocenters. The summed E-state index contributed by atoms with van der Waals surface area (Å²) >= 11 is 0. The third-order valence-electron chi connectivity index (χ3n) is 2.59. The molecule has 1 amide bonds. The van der Waals surface area contributed by atoms with Crippen LogP contribution in [0.2, 0.25) is 0 Å². The maximum Gasteiger partial charge on any atom is 0.410 e. The number of carbonyl (C=O) groups excluding carboxylic acids is 3. The standard InChI is InChI=1S/C14H22N2O7/c1-8(22-12(20)14(2,3)4)23-13(21)16-10(11(18)19)6-5-9(17)7-15/h7-8,10,15H,5-6H2,1-4H3,(H,16,21)(H,18,19). The van der Waals surface area contributed by atoms with Crippen molar-refractivity contribution in [3.8, 4) is 0 Å². The van der Waals surface area contributed by atoms with E-state index >= 15 is 0 Å². The lowest BCUT2D eigenvalue weighted by Gasteiger charge is -2.21. The molecule has 0 aromatic carbocycles. The van der Waals surface area contributed by atoms with Crippen LogP contribution in [-0.2, 0) is 23.9 Å². The lowest BCUT2D eigenvalue weighted by molar-refractivity contribution is -0.174. The summed E-state index contributed by atoms with van der Waals surface area (Å²) in [6.45, 7) is 6.20. The number of carbonyl (C=O) groups is 4. The molecular weight excluding hydrogens is 308 g/mol. The highest BCUT2D eigenvalue weighted by atomic mass is 16.7. The van der Waals surface area contributed by atoms with E-state index in [2.05, 4.69) is 5.32 Å². The molecule has 0 aromatic heterocycles. The largest absolute Gasteiger partial charge is 0.480 e. The number of carboxylic acid groups (broad SMARTS) is 1. The monoisotopic (exact) mass is 330 g/mol. The second kappa shape index (κ2) is 8.86. The van der Waals surface area contributed by atoms with E-state index in [1.165, 1.54) is 6.92 Å². The van der Waals surface area contributed by atoms with Crippen molar-refractivity contribution in [1.29, 1.82) is 5.41 Å². The first-order valence-corrected chi connectivity index (χ1v) is 6.91. The Balaban J connectivity index is 4.47. The Bertz CT molecular complexity index is 482. The van der Waals surface area contributed by atoms with E-state index in [1.54, 1.807) is 20.8 Å². The van der Waals surface area contributed by atoms with Crippen molar-refractivity contribution in [1.82, 2.24) is 5.32 Å². The van der Waals surface area contributed by atoms with Crippen LogP contribution < -0.4 is 5.32 Å². The van der Waals surface area contributed by atoms with Crippen molar-refractivity contribution in [2.45, 2.75) is 52.9 Å². The lowest BCUT2D eigenvalue weighted by atomic mass is 9.97. The molecule has 0 saturated heterocycles. The maximum absolute atomic E-state index is 11.6. The number of aliphatic carboxylic acids is 1. The lowest BCUT2D eigenvalue weighted by Crippen LogP contribution is -2.43. The fraction of sp³-hybridized carbons (Fsp3) is 0.643. The normalized spacial score (nSPS) is 13.4. The molecule has 23 heavy (non-hydrogen) atoms. The summed E-state index contributed by atoms with van der Waals surface area (Å²) in [5.41, 5.74) is -0.773. The summed E-state index contributed by atoms with van der Waals surface area (Å²) in [5, 5.41) is 17.8. The molecule has 130 valence electrons. The van der Waals surface area contributed by atoms with E-state index in [1.807, 2.05) is 0 Å². The number of carboxylic acids is 1. The summed E-state index contributed by atoms with van der Waals surface area (Å²) < 4.78 is 9.63. The predicted octanol–water partition coefficient (Wildman–Crippen LogP) is 1.10. The highest BCUT2D eigenvalue weighted by Crippen LogP contribution is 2.16. The summed E-state index contributed by atoms with van der Waals surface area (Å²) in [6, 6.07) is -1.35. The first-order valence-electron chi connectivity index (χ1n) is 6.91. The average molecular weight is 330 g/mol. The number of Topliss-reactive ketones (excluding diaryl/α,β-unsaturated/α-hetero) is 1. The van der Waals surface area contributed by atoms with Gasteiger partial charge in [0.2, 0.25) is 6.29 Å². The van der Waals surface area contributed by atoms with E-state index in [0.29, 0.717) is 6.21 Å². The highest BCUT2D eigenvalue weighted by molar-refractivity contribution is 6.26. The molecule has 0 aliphatic carbocycles. The zero-order valence-corrected chi connectivity index (χ0v) is 13.5. The molecule has 9 nitrogen and oxygen atoms in total. The van der Waals surface area contributed by atoms with Crippen LogP contribution >= 0.6 is 0 Å². The van der Waals surface area contributed by atoms with E-state index in [4.69, 9.17) is 20.0 Å². The van der Waals surface area contributed by atoms with E-state index in [-0.39, 0.29) is 12.8 Å². The van der Waals surface area contributed by atoms with Gasteiger partial charge in [-0.05, 0) is 27.2 Å². The SMILES string of the molecule is CC(OC(=O)NC(CCC(=O)C=N)C(=O)O)OC(=O)C(C)(C)C. The Labute approximate surface area is 133 Å². The minimum absolute atomic E-state index is 0.186. The maximum atomic E-state index is 11.6. The molecule has 0 aliphatic rings. The van der Waals surface area contributed by atoms with Gasteiger partial charge in [0.05, 0.1) is 11.6 Å². The number of ketones is 1. The van der Waals surface area contributed by atoms with Gasteiger partial charge >= 0.3 is 18.0 Å². The number of alkyl carbamates (subject to hydrolysis) is 1. The molecule has 0 saturated carbocycles. The number of nitrogens with one attached hydrogen (secondary N) is 2. The Morgan fingerprint density at radius 1 is 1.22 bits per heavy atom. The van der Waals surface area contributed by atoms with Crippen LogP contribution in [0.4, 0.5) is 4.79 Å². The number of hydrogen-bond donors (Lipinski definition) is 3. The van der Waals surface area contributed by atoms with Crippen LogP contribution in [-0.4, -0.2) is 47.5 Å². The van der Waals surface area contributed by atoms with Gasteiger partial charge in [0.1, 0.15) is 6.04 Å². The number of amides is 1. The van der Waals surface area contributed by atoms with Gasteiger partial charge in [0.15, 0.2) is 5.78 Å². The van der Waals surface area contributed by atoms with E-state index in [0.717, 1.165) is 0 Å². The van der Waals surface area contributed by atoms with Gasteiger partial charge in [-0.3, -0.25) is 9.59 Å². The van der Waals surface area contributed by atoms with Crippen LogP contribution in [0.3, 0.4) is 0 Å². The number of rotatable bonds is 8. The first-order chi connectivity index (χ1) is 10.5. The molecule has 0 rings (SSSR count). The third-order valence-corrected chi connectivity index (χ3v) is 2.59. The summed E-state index contributed by atoms with van der Waals surface area (Å²) in [7, 11) is 0. The summed E-state index contributed by atoms with van der Waals surface area (Å²) in [5.74, 6) is -2.48. The van der Waals surface area contributed by atoms with Crippen LogP contribution in [0.1, 0.15) is 40.5 Å². The molecule has 0 spiro atoms. The quantitative estimate of drug-likeness (QED) is 0.343. The van der Waals surface area contributed by atoms with Gasteiger partial charge in [-0.25, -0.2) is 9.59 Å². The fourth-order valence-electron chi connectivity index (χ4n) is 1.29. The molecule has 0 aromatic rings. The molecule has 0 bridgehead atoms. The Hall–Kier alpha value is -2.45. The van der Waals surface area contributed by atoms with Crippen LogP contribution in [0.15, 0.2) is 0 Å². The zero-order valence-electron chi connectivity index (χ0n) is 13.5. The van der Waals surface area contributed by atoms with Crippen LogP contribution in [0.25, 0.3) is 0 Å². The summed E-state index contributed by atoms with van der Waals surface area (Å²) in [6.07, 6.45) is -2.09. The van der Waals surface area contributed by atoms with Gasteiger partial charge in [-0.15, -0.1) is 0 Å². The molecular formula is C14H22N2O7. The fourth-order valence-corrected chi connectivity index (χ4v) is 1.29. The van der Waals surface area contributed by atoms with Crippen molar-refractivity contribution in [2.24, 2.45) is 5.41 Å². The van der Waals surface area contributed by atoms with Gasteiger partial charge in [0.25, 0.3) is 0 Å². The second-order valence-electron chi connectivity index (χ2n) is 5.81. The zero-order chi connectivity index (χ0) is 18.2. The first kappa shape index (κ1) is 20.6. The number of hydrogen-bond acceptors (Lipinski definition) is 7. The van der Waals surface area contributed by atoms with Crippen LogP contribution in [0, 0.1) is 10.8 Å². The molecule has 3 N–H and O–H groups in total. The van der Waals surface area contributed by atoms with Crippen molar-refractivity contribution in [3.63, 3.8) is 0 Å². The van der Waals surface area contributed by atoms with E-state index < -0.39 is 41.6 Å². The molecule has 0 fully saturated rings. The summed E-state index contributed by atoms with van der Waals surface area (Å²) in [4.78, 5) is 45.2. The minimum Gasteiger partial charge on any atom is -0.480 e. The topological polar surface area (TPSA) is 143 Å². The Morgan fingerprint density at radius 3 is 2.22 bits per heavy atom. The minimum atomic E-state index is -1.35. The molecule has 0 radical (unpaired) electrons. The average Bonchev–Trinajstić information content (AvgIpc) is 2.41. The van der Waals surface area contributed by atoms with Gasteiger partial charge in [-0.1, -0.05) is 0 Å².